The third-order valence-electron chi connectivity index (χ3n) is 3.17. The van der Waals surface area contributed by atoms with Crippen LogP contribution in [0.15, 0.2) is 50.7 Å². The molecule has 102 valence electrons. The Morgan fingerprint density at radius 3 is 2.65 bits per heavy atom. The molecular formula is C15H13BrN2OS. The van der Waals surface area contributed by atoms with E-state index in [2.05, 4.69) is 21.2 Å². The number of rotatable bonds is 2. The lowest BCUT2D eigenvalue weighted by molar-refractivity contribution is -0.116. The maximum absolute atomic E-state index is 11.5. The van der Waals surface area contributed by atoms with Gasteiger partial charge in [0, 0.05) is 32.1 Å². The summed E-state index contributed by atoms with van der Waals surface area (Å²) in [7, 11) is 0. The van der Waals surface area contributed by atoms with E-state index in [1.54, 1.807) is 11.8 Å². The molecule has 0 radical (unpaired) electrons. The third-order valence-corrected chi connectivity index (χ3v) is 4.78. The second kappa shape index (κ2) is 5.50. The lowest BCUT2D eigenvalue weighted by Gasteiger charge is -2.19. The number of nitrogens with two attached hydrogens (primary N) is 1. The molecule has 0 atom stereocenters. The molecule has 1 amide bonds. The number of carbonyl (C=O) groups excluding carboxylic acids is 1. The van der Waals surface area contributed by atoms with Crippen molar-refractivity contribution in [1.82, 2.24) is 0 Å². The molecule has 1 aliphatic rings. The predicted molar refractivity (Wildman–Crippen MR) is 86.1 cm³/mol. The zero-order chi connectivity index (χ0) is 14.1. The van der Waals surface area contributed by atoms with E-state index < -0.39 is 0 Å². The summed E-state index contributed by atoms with van der Waals surface area (Å²) in [6.45, 7) is 0. The van der Waals surface area contributed by atoms with Crippen molar-refractivity contribution in [3.05, 3.63) is 46.4 Å². The summed E-state index contributed by atoms with van der Waals surface area (Å²) in [6, 6.07) is 12.0. The van der Waals surface area contributed by atoms with Crippen molar-refractivity contribution < 1.29 is 4.79 Å². The van der Waals surface area contributed by atoms with Gasteiger partial charge < -0.3 is 11.1 Å². The molecule has 1 heterocycles. The summed E-state index contributed by atoms with van der Waals surface area (Å²) in [5.41, 5.74) is 8.87. The quantitative estimate of drug-likeness (QED) is 0.804. The standard InChI is InChI=1S/C15H13BrN2OS/c16-10-2-4-11(5-3-10)20-14-8-13-9(7-12(14)17)1-6-15(19)18-13/h2-5,7-8H,1,6,17H2,(H,18,19). The number of hydrogen-bond donors (Lipinski definition) is 2. The van der Waals surface area contributed by atoms with E-state index in [-0.39, 0.29) is 5.91 Å². The number of benzene rings is 2. The number of amides is 1. The first kappa shape index (κ1) is 13.5. The Bertz CT molecular complexity index is 670. The van der Waals surface area contributed by atoms with Gasteiger partial charge in [0.05, 0.1) is 0 Å². The number of fused-ring (bicyclic) bond motifs is 1. The molecule has 3 nitrogen and oxygen atoms in total. The van der Waals surface area contributed by atoms with Gasteiger partial charge in [-0.3, -0.25) is 4.79 Å². The maximum Gasteiger partial charge on any atom is 0.224 e. The van der Waals surface area contributed by atoms with Crippen LogP contribution < -0.4 is 11.1 Å². The minimum atomic E-state index is 0.0712. The first-order chi connectivity index (χ1) is 9.61. The van der Waals surface area contributed by atoms with Crippen molar-refractivity contribution in [1.29, 1.82) is 0 Å². The Labute approximate surface area is 130 Å². The van der Waals surface area contributed by atoms with E-state index in [0.29, 0.717) is 6.42 Å². The Morgan fingerprint density at radius 2 is 1.90 bits per heavy atom. The van der Waals surface area contributed by atoms with Gasteiger partial charge in [-0.25, -0.2) is 0 Å². The van der Waals surface area contributed by atoms with Gasteiger partial charge in [-0.2, -0.15) is 0 Å². The normalized spacial score (nSPS) is 13.8. The fraction of sp³-hybridized carbons (Fsp3) is 0.133. The lowest BCUT2D eigenvalue weighted by atomic mass is 10.0. The van der Waals surface area contributed by atoms with Crippen molar-refractivity contribution in [2.75, 3.05) is 11.1 Å². The summed E-state index contributed by atoms with van der Waals surface area (Å²) >= 11 is 5.02. The highest BCUT2D eigenvalue weighted by molar-refractivity contribution is 9.10. The van der Waals surface area contributed by atoms with Crippen LogP contribution in [0, 0.1) is 0 Å². The monoisotopic (exact) mass is 348 g/mol. The van der Waals surface area contributed by atoms with Crippen molar-refractivity contribution in [2.24, 2.45) is 0 Å². The molecule has 0 aliphatic carbocycles. The van der Waals surface area contributed by atoms with Crippen LogP contribution in [0.25, 0.3) is 0 Å². The second-order valence-corrected chi connectivity index (χ2v) is 6.68. The van der Waals surface area contributed by atoms with Crippen LogP contribution >= 0.6 is 27.7 Å². The molecule has 2 aromatic rings. The van der Waals surface area contributed by atoms with E-state index in [0.717, 1.165) is 37.6 Å². The van der Waals surface area contributed by atoms with E-state index in [1.807, 2.05) is 36.4 Å². The molecule has 0 saturated heterocycles. The molecular weight excluding hydrogens is 336 g/mol. The highest BCUT2D eigenvalue weighted by atomic mass is 79.9. The number of anilines is 2. The molecule has 5 heteroatoms. The predicted octanol–water partition coefficient (Wildman–Crippen LogP) is 4.07. The van der Waals surface area contributed by atoms with Crippen LogP contribution in [-0.2, 0) is 11.2 Å². The summed E-state index contributed by atoms with van der Waals surface area (Å²) in [5.74, 6) is 0.0712. The zero-order valence-corrected chi connectivity index (χ0v) is 13.1. The Kier molecular flexibility index (Phi) is 3.72. The second-order valence-electron chi connectivity index (χ2n) is 4.65. The molecule has 2 aromatic carbocycles. The Hall–Kier alpha value is -1.46. The average Bonchev–Trinajstić information content (AvgIpc) is 2.42. The van der Waals surface area contributed by atoms with Crippen LogP contribution in [0.3, 0.4) is 0 Å². The summed E-state index contributed by atoms with van der Waals surface area (Å²) < 4.78 is 1.05. The Balaban J connectivity index is 1.91. The maximum atomic E-state index is 11.5. The van der Waals surface area contributed by atoms with Gasteiger partial charge in [-0.1, -0.05) is 27.7 Å². The van der Waals surface area contributed by atoms with Crippen molar-refractivity contribution >= 4 is 45.0 Å². The fourth-order valence-corrected chi connectivity index (χ4v) is 3.29. The van der Waals surface area contributed by atoms with Crippen LogP contribution in [0.2, 0.25) is 0 Å². The number of halogens is 1. The molecule has 3 N–H and O–H groups in total. The highest BCUT2D eigenvalue weighted by Gasteiger charge is 2.17. The molecule has 3 rings (SSSR count). The lowest BCUT2D eigenvalue weighted by Crippen LogP contribution is -2.19. The molecule has 0 unspecified atom stereocenters. The average molecular weight is 349 g/mol. The number of nitrogen functional groups attached to an aromatic ring is 1. The minimum Gasteiger partial charge on any atom is -0.398 e. The minimum absolute atomic E-state index is 0.0712. The molecule has 0 bridgehead atoms. The smallest absolute Gasteiger partial charge is 0.224 e. The molecule has 0 aromatic heterocycles. The topological polar surface area (TPSA) is 55.1 Å². The van der Waals surface area contributed by atoms with E-state index in [9.17, 15) is 4.79 Å². The summed E-state index contributed by atoms with van der Waals surface area (Å²) in [5, 5.41) is 2.91. The van der Waals surface area contributed by atoms with Crippen LogP contribution in [0.1, 0.15) is 12.0 Å². The molecule has 20 heavy (non-hydrogen) atoms. The third kappa shape index (κ3) is 2.83. The molecule has 1 aliphatic heterocycles. The van der Waals surface area contributed by atoms with Gasteiger partial charge in [0.15, 0.2) is 0 Å². The van der Waals surface area contributed by atoms with Gasteiger partial charge in [-0.05, 0) is 48.4 Å². The van der Waals surface area contributed by atoms with Gasteiger partial charge in [-0.15, -0.1) is 0 Å². The highest BCUT2D eigenvalue weighted by Crippen LogP contribution is 2.37. The van der Waals surface area contributed by atoms with E-state index in [1.165, 1.54) is 0 Å². The number of nitrogens with one attached hydrogen (secondary N) is 1. The number of carbonyl (C=O) groups is 1. The van der Waals surface area contributed by atoms with Crippen LogP contribution in [0.4, 0.5) is 11.4 Å². The summed E-state index contributed by atoms with van der Waals surface area (Å²) in [6.07, 6.45) is 1.29. The zero-order valence-electron chi connectivity index (χ0n) is 10.7. The SMILES string of the molecule is Nc1cc2c(cc1Sc1ccc(Br)cc1)NC(=O)CC2. The molecule has 0 fully saturated rings. The molecule has 0 saturated carbocycles. The summed E-state index contributed by atoms with van der Waals surface area (Å²) in [4.78, 5) is 13.5. The number of hydrogen-bond acceptors (Lipinski definition) is 3. The van der Waals surface area contributed by atoms with Gasteiger partial charge >= 0.3 is 0 Å². The first-order valence-corrected chi connectivity index (χ1v) is 7.88. The van der Waals surface area contributed by atoms with Crippen molar-refractivity contribution in [3.63, 3.8) is 0 Å². The molecule has 0 spiro atoms. The number of aryl methyl sites for hydroxylation is 1. The fourth-order valence-electron chi connectivity index (χ4n) is 2.15. The van der Waals surface area contributed by atoms with Gasteiger partial charge in [0.25, 0.3) is 0 Å². The van der Waals surface area contributed by atoms with E-state index >= 15 is 0 Å². The van der Waals surface area contributed by atoms with Crippen molar-refractivity contribution in [2.45, 2.75) is 22.6 Å². The van der Waals surface area contributed by atoms with Crippen molar-refractivity contribution in [3.8, 4) is 0 Å². The first-order valence-electron chi connectivity index (χ1n) is 6.27. The van der Waals surface area contributed by atoms with E-state index in [4.69, 9.17) is 5.73 Å². The van der Waals surface area contributed by atoms with Crippen LogP contribution in [0.5, 0.6) is 0 Å². The van der Waals surface area contributed by atoms with Gasteiger partial charge in [0.1, 0.15) is 0 Å². The van der Waals surface area contributed by atoms with Gasteiger partial charge in [0.2, 0.25) is 5.91 Å². The van der Waals surface area contributed by atoms with Crippen LogP contribution in [-0.4, -0.2) is 5.91 Å². The Morgan fingerprint density at radius 1 is 1.15 bits per heavy atom. The largest absolute Gasteiger partial charge is 0.398 e.